The molecule has 1 heterocycles. The molecule has 0 atom stereocenters. The Bertz CT molecular complexity index is 553. The van der Waals surface area contributed by atoms with Crippen LogP contribution in [0.5, 0.6) is 0 Å². The summed E-state index contributed by atoms with van der Waals surface area (Å²) in [5.41, 5.74) is 1.10. The van der Waals surface area contributed by atoms with Crippen molar-refractivity contribution in [2.75, 3.05) is 0 Å². The molecule has 0 saturated heterocycles. The topological polar surface area (TPSA) is 24.9 Å². The molecule has 2 nitrogen and oxygen atoms in total. The lowest BCUT2D eigenvalue weighted by molar-refractivity contribution is 0.426. The first-order chi connectivity index (χ1) is 8.83. The third-order valence-electron chi connectivity index (χ3n) is 2.51. The van der Waals surface area contributed by atoms with E-state index in [-0.39, 0.29) is 5.54 Å². The number of halogens is 2. The number of nitrogens with one attached hydrogen (secondary N) is 1. The maximum atomic E-state index is 13.1. The van der Waals surface area contributed by atoms with Gasteiger partial charge < -0.3 is 5.32 Å². The minimum absolute atomic E-state index is 0.0229. The second-order valence-electron chi connectivity index (χ2n) is 5.44. The quantitative estimate of drug-likeness (QED) is 0.921. The summed E-state index contributed by atoms with van der Waals surface area (Å²) >= 11 is 1.34. The van der Waals surface area contributed by atoms with Crippen molar-refractivity contribution in [3.8, 4) is 11.3 Å². The van der Waals surface area contributed by atoms with E-state index in [4.69, 9.17) is 0 Å². The molecule has 2 rings (SSSR count). The zero-order valence-electron chi connectivity index (χ0n) is 11.1. The molecule has 1 N–H and O–H groups in total. The number of aromatic nitrogens is 1. The molecule has 0 aliphatic rings. The minimum Gasteiger partial charge on any atom is -0.307 e. The summed E-state index contributed by atoms with van der Waals surface area (Å²) in [6, 6.07) is 5.30. The standard InChI is InChI=1S/C14H16F2N2S/c1-14(2,3)17-8-12-7-13(18-19-12)9-4-10(15)6-11(16)5-9/h4-7,17H,8H2,1-3H3. The first kappa shape index (κ1) is 14.1. The predicted octanol–water partition coefficient (Wildman–Crippen LogP) is 3.98. The van der Waals surface area contributed by atoms with E-state index < -0.39 is 11.6 Å². The van der Waals surface area contributed by atoms with Gasteiger partial charge in [-0.3, -0.25) is 0 Å². The van der Waals surface area contributed by atoms with Crippen LogP contribution in [0, 0.1) is 11.6 Å². The third kappa shape index (κ3) is 4.08. The highest BCUT2D eigenvalue weighted by atomic mass is 32.1. The van der Waals surface area contributed by atoms with Crippen molar-refractivity contribution in [3.05, 3.63) is 40.8 Å². The molecule has 0 unspecified atom stereocenters. The van der Waals surface area contributed by atoms with Crippen LogP contribution in [0.1, 0.15) is 25.6 Å². The Morgan fingerprint density at radius 1 is 1.11 bits per heavy atom. The second-order valence-corrected chi connectivity index (χ2v) is 6.33. The Morgan fingerprint density at radius 3 is 2.32 bits per heavy atom. The highest BCUT2D eigenvalue weighted by molar-refractivity contribution is 7.06. The zero-order valence-corrected chi connectivity index (χ0v) is 11.9. The Labute approximate surface area is 115 Å². The van der Waals surface area contributed by atoms with E-state index in [1.165, 1.54) is 23.7 Å². The molecule has 19 heavy (non-hydrogen) atoms. The molecule has 5 heteroatoms. The summed E-state index contributed by atoms with van der Waals surface area (Å²) in [6.07, 6.45) is 0. The van der Waals surface area contributed by atoms with E-state index in [1.54, 1.807) is 0 Å². The number of hydrogen-bond donors (Lipinski definition) is 1. The van der Waals surface area contributed by atoms with Crippen LogP contribution in [0.4, 0.5) is 8.78 Å². The van der Waals surface area contributed by atoms with Gasteiger partial charge in [-0.05, 0) is 50.5 Å². The summed E-state index contributed by atoms with van der Waals surface area (Å²) in [4.78, 5) is 1.04. The Hall–Kier alpha value is -1.33. The van der Waals surface area contributed by atoms with Gasteiger partial charge in [0.15, 0.2) is 0 Å². The molecule has 2 aromatic rings. The van der Waals surface area contributed by atoms with Gasteiger partial charge in [0.25, 0.3) is 0 Å². The number of nitrogens with zero attached hydrogens (tertiary/aromatic N) is 1. The van der Waals surface area contributed by atoms with Crippen LogP contribution in [-0.4, -0.2) is 9.91 Å². The fraction of sp³-hybridized carbons (Fsp3) is 0.357. The average Bonchev–Trinajstić information content (AvgIpc) is 2.72. The van der Waals surface area contributed by atoms with Crippen molar-refractivity contribution in [2.45, 2.75) is 32.9 Å². The maximum absolute atomic E-state index is 13.1. The van der Waals surface area contributed by atoms with Crippen LogP contribution in [0.3, 0.4) is 0 Å². The molecule has 1 aromatic carbocycles. The summed E-state index contributed by atoms with van der Waals surface area (Å²) < 4.78 is 30.5. The SMILES string of the molecule is CC(C)(C)NCc1cc(-c2cc(F)cc(F)c2)ns1. The van der Waals surface area contributed by atoms with Gasteiger partial charge in [-0.25, -0.2) is 8.78 Å². The Kier molecular flexibility index (Phi) is 3.96. The highest BCUT2D eigenvalue weighted by Gasteiger charge is 2.11. The lowest BCUT2D eigenvalue weighted by atomic mass is 10.1. The molecular formula is C14H16F2N2S. The van der Waals surface area contributed by atoms with Gasteiger partial charge in [-0.1, -0.05) is 0 Å². The van der Waals surface area contributed by atoms with Crippen molar-refractivity contribution in [1.29, 1.82) is 0 Å². The van der Waals surface area contributed by atoms with E-state index in [0.29, 0.717) is 17.8 Å². The Morgan fingerprint density at radius 2 is 1.74 bits per heavy atom. The molecule has 0 radical (unpaired) electrons. The fourth-order valence-corrected chi connectivity index (χ4v) is 2.26. The number of rotatable bonds is 3. The third-order valence-corrected chi connectivity index (χ3v) is 3.29. The first-order valence-electron chi connectivity index (χ1n) is 6.00. The summed E-state index contributed by atoms with van der Waals surface area (Å²) in [5.74, 6) is -1.17. The summed E-state index contributed by atoms with van der Waals surface area (Å²) in [5, 5.41) is 3.35. The molecule has 0 aliphatic carbocycles. The van der Waals surface area contributed by atoms with Crippen molar-refractivity contribution in [1.82, 2.24) is 9.69 Å². The largest absolute Gasteiger partial charge is 0.307 e. The number of hydrogen-bond acceptors (Lipinski definition) is 3. The molecule has 0 spiro atoms. The predicted molar refractivity (Wildman–Crippen MR) is 74.1 cm³/mol. The lowest BCUT2D eigenvalue weighted by Crippen LogP contribution is -2.34. The van der Waals surface area contributed by atoms with Gasteiger partial charge in [0.05, 0.1) is 5.69 Å². The first-order valence-corrected chi connectivity index (χ1v) is 6.78. The van der Waals surface area contributed by atoms with Gasteiger partial charge in [0.1, 0.15) is 11.6 Å². The molecule has 1 aromatic heterocycles. The summed E-state index contributed by atoms with van der Waals surface area (Å²) in [7, 11) is 0. The van der Waals surface area contributed by atoms with E-state index in [1.807, 2.05) is 6.07 Å². The van der Waals surface area contributed by atoms with Crippen molar-refractivity contribution in [2.24, 2.45) is 0 Å². The van der Waals surface area contributed by atoms with Crippen LogP contribution in [0.2, 0.25) is 0 Å². The van der Waals surface area contributed by atoms with Crippen molar-refractivity contribution < 1.29 is 8.78 Å². The van der Waals surface area contributed by atoms with E-state index in [0.717, 1.165) is 10.9 Å². The van der Waals surface area contributed by atoms with Crippen LogP contribution in [0.15, 0.2) is 24.3 Å². The van der Waals surface area contributed by atoms with Gasteiger partial charge in [0, 0.05) is 28.6 Å². The van der Waals surface area contributed by atoms with Gasteiger partial charge in [0.2, 0.25) is 0 Å². The lowest BCUT2D eigenvalue weighted by Gasteiger charge is -2.19. The average molecular weight is 282 g/mol. The highest BCUT2D eigenvalue weighted by Crippen LogP contribution is 2.24. The molecule has 0 fully saturated rings. The minimum atomic E-state index is -0.586. The Balaban J connectivity index is 2.16. The van der Waals surface area contributed by atoms with Gasteiger partial charge >= 0.3 is 0 Å². The van der Waals surface area contributed by atoms with Gasteiger partial charge in [-0.2, -0.15) is 4.37 Å². The zero-order chi connectivity index (χ0) is 14.0. The van der Waals surface area contributed by atoms with E-state index in [2.05, 4.69) is 30.5 Å². The molecule has 0 bridgehead atoms. The van der Waals surface area contributed by atoms with Crippen LogP contribution in [0.25, 0.3) is 11.3 Å². The summed E-state index contributed by atoms with van der Waals surface area (Å²) in [6.45, 7) is 6.93. The van der Waals surface area contributed by atoms with E-state index >= 15 is 0 Å². The maximum Gasteiger partial charge on any atom is 0.126 e. The second kappa shape index (κ2) is 5.35. The normalized spacial score (nSPS) is 11.8. The van der Waals surface area contributed by atoms with Crippen LogP contribution >= 0.6 is 11.5 Å². The van der Waals surface area contributed by atoms with Crippen molar-refractivity contribution >= 4 is 11.5 Å². The number of benzene rings is 1. The van der Waals surface area contributed by atoms with E-state index in [9.17, 15) is 8.78 Å². The fourth-order valence-electron chi connectivity index (χ4n) is 1.59. The van der Waals surface area contributed by atoms with Crippen LogP contribution < -0.4 is 5.32 Å². The van der Waals surface area contributed by atoms with Crippen LogP contribution in [-0.2, 0) is 6.54 Å². The molecule has 102 valence electrons. The smallest absolute Gasteiger partial charge is 0.126 e. The molecule has 0 amide bonds. The van der Waals surface area contributed by atoms with Crippen molar-refractivity contribution in [3.63, 3.8) is 0 Å². The molecule has 0 saturated carbocycles. The monoisotopic (exact) mass is 282 g/mol. The molecule has 0 aliphatic heterocycles. The molecular weight excluding hydrogens is 266 g/mol. The van der Waals surface area contributed by atoms with Gasteiger partial charge in [-0.15, -0.1) is 0 Å².